The molecule has 0 saturated carbocycles. The van der Waals surface area contributed by atoms with Crippen LogP contribution in [-0.2, 0) is 26.9 Å². The minimum Gasteiger partial charge on any atom is -0.497 e. The van der Waals surface area contributed by atoms with Crippen molar-refractivity contribution in [3.63, 3.8) is 0 Å². The number of esters is 1. The molecule has 180 valence electrons. The molecule has 0 bridgehead atoms. The number of methoxy groups -OCH3 is 2. The summed E-state index contributed by atoms with van der Waals surface area (Å²) in [6, 6.07) is 7.94. The van der Waals surface area contributed by atoms with E-state index in [-0.39, 0.29) is 17.6 Å². The van der Waals surface area contributed by atoms with Crippen molar-refractivity contribution >= 4 is 22.8 Å². The average Bonchev–Trinajstić information content (AvgIpc) is 2.81. The summed E-state index contributed by atoms with van der Waals surface area (Å²) in [5.74, 6) is -1.46. The van der Waals surface area contributed by atoms with Crippen molar-refractivity contribution in [3.8, 4) is 5.75 Å². The highest BCUT2D eigenvalue weighted by atomic mass is 19.4. The molecule has 0 fully saturated rings. The Bertz CT molecular complexity index is 1250. The Morgan fingerprint density at radius 1 is 1.09 bits per heavy atom. The van der Waals surface area contributed by atoms with Crippen molar-refractivity contribution in [2.24, 2.45) is 0 Å². The lowest BCUT2D eigenvalue weighted by Gasteiger charge is -2.20. The number of ether oxygens (including phenoxy) is 2. The third kappa shape index (κ3) is 5.54. The number of halogens is 3. The van der Waals surface area contributed by atoms with E-state index in [0.717, 1.165) is 37.4 Å². The summed E-state index contributed by atoms with van der Waals surface area (Å²) in [4.78, 5) is 36.9. The molecule has 3 aromatic rings. The Kier molecular flexibility index (Phi) is 7.26. The maximum absolute atomic E-state index is 12.7. The second kappa shape index (κ2) is 9.96. The van der Waals surface area contributed by atoms with Gasteiger partial charge < -0.3 is 24.3 Å². The van der Waals surface area contributed by atoms with Crippen LogP contribution in [0.5, 0.6) is 5.75 Å². The van der Waals surface area contributed by atoms with Gasteiger partial charge in [0.1, 0.15) is 17.4 Å². The maximum atomic E-state index is 12.7. The van der Waals surface area contributed by atoms with Crippen LogP contribution >= 0.6 is 0 Å². The summed E-state index contributed by atoms with van der Waals surface area (Å²) in [5, 5.41) is 13.1. The molecule has 0 aliphatic carbocycles. The van der Waals surface area contributed by atoms with Crippen LogP contribution in [-0.4, -0.2) is 37.2 Å². The van der Waals surface area contributed by atoms with Crippen LogP contribution in [0.1, 0.15) is 22.8 Å². The van der Waals surface area contributed by atoms with Gasteiger partial charge in [0, 0.05) is 23.9 Å². The van der Waals surface area contributed by atoms with Gasteiger partial charge in [-0.25, -0.2) is 9.59 Å². The van der Waals surface area contributed by atoms with E-state index in [0.29, 0.717) is 16.7 Å². The van der Waals surface area contributed by atoms with Crippen LogP contribution in [0.25, 0.3) is 11.0 Å². The molecule has 2 atom stereocenters. The third-order valence-electron chi connectivity index (χ3n) is 5.07. The molecule has 11 heteroatoms. The summed E-state index contributed by atoms with van der Waals surface area (Å²) in [6.07, 6.45) is -6.61. The van der Waals surface area contributed by atoms with Crippen molar-refractivity contribution < 1.29 is 41.8 Å². The summed E-state index contributed by atoms with van der Waals surface area (Å²) in [7, 11) is 2.53. The van der Waals surface area contributed by atoms with Gasteiger partial charge in [0.05, 0.1) is 19.8 Å². The van der Waals surface area contributed by atoms with E-state index in [4.69, 9.17) is 13.9 Å². The molecule has 0 aliphatic rings. The van der Waals surface area contributed by atoms with Crippen LogP contribution in [0, 0.1) is 0 Å². The van der Waals surface area contributed by atoms with Gasteiger partial charge in [0.2, 0.25) is 0 Å². The first-order valence-electron chi connectivity index (χ1n) is 9.87. The molecule has 0 aliphatic heterocycles. The average molecular weight is 479 g/mol. The number of fused-ring (bicyclic) bond motifs is 1. The molecule has 3 rings (SSSR count). The Morgan fingerprint density at radius 2 is 1.76 bits per heavy atom. The molecule has 34 heavy (non-hydrogen) atoms. The zero-order valence-electron chi connectivity index (χ0n) is 18.0. The zero-order chi connectivity index (χ0) is 25.0. The predicted molar refractivity (Wildman–Crippen MR) is 113 cm³/mol. The van der Waals surface area contributed by atoms with Crippen molar-refractivity contribution in [2.45, 2.75) is 24.7 Å². The van der Waals surface area contributed by atoms with Gasteiger partial charge >= 0.3 is 17.8 Å². The van der Waals surface area contributed by atoms with Crippen LogP contribution < -0.4 is 15.7 Å². The number of carbonyl (C=O) groups excluding carboxylic acids is 2. The summed E-state index contributed by atoms with van der Waals surface area (Å²) in [5.41, 5.74) is -1.19. The first kappa shape index (κ1) is 24.8. The topological polar surface area (TPSA) is 115 Å². The molecule has 2 aromatic carbocycles. The Morgan fingerprint density at radius 3 is 2.35 bits per heavy atom. The number of hydrogen-bond acceptors (Lipinski definition) is 7. The zero-order valence-corrected chi connectivity index (χ0v) is 18.0. The summed E-state index contributed by atoms with van der Waals surface area (Å²) in [6.45, 7) is 0. The molecule has 0 unspecified atom stereocenters. The minimum absolute atomic E-state index is 0.105. The van der Waals surface area contributed by atoms with Gasteiger partial charge in [-0.1, -0.05) is 12.1 Å². The van der Waals surface area contributed by atoms with E-state index >= 15 is 0 Å². The van der Waals surface area contributed by atoms with Crippen LogP contribution in [0.15, 0.2) is 57.7 Å². The summed E-state index contributed by atoms with van der Waals surface area (Å²) >= 11 is 0. The molecular formula is C23H20F3NO7. The molecule has 0 radical (unpaired) electrons. The number of aliphatic hydroxyl groups excluding tert-OH is 1. The number of carbonyl (C=O) groups is 2. The van der Waals surface area contributed by atoms with E-state index in [1.54, 1.807) is 12.1 Å². The number of nitrogens with one attached hydrogen (secondary N) is 1. The second-order valence-electron chi connectivity index (χ2n) is 7.26. The quantitative estimate of drug-likeness (QED) is 0.396. The number of alkyl halides is 3. The lowest BCUT2D eigenvalue weighted by Crippen LogP contribution is -2.45. The van der Waals surface area contributed by atoms with Gasteiger partial charge in [-0.3, -0.25) is 4.79 Å². The van der Waals surface area contributed by atoms with Gasteiger partial charge in [-0.05, 0) is 35.4 Å². The first-order valence-corrected chi connectivity index (χ1v) is 9.87. The largest absolute Gasteiger partial charge is 0.497 e. The normalized spacial score (nSPS) is 13.2. The SMILES string of the molecule is COC(=O)[C@@H](Cc1cc(=O)oc2cc(OC)ccc12)NC(=O)[C@H](O)c1ccc(C(F)(F)F)cc1. The number of hydrogen-bond donors (Lipinski definition) is 2. The number of rotatable bonds is 7. The third-order valence-corrected chi connectivity index (χ3v) is 5.07. The highest BCUT2D eigenvalue weighted by Crippen LogP contribution is 2.30. The monoisotopic (exact) mass is 479 g/mol. The van der Waals surface area contributed by atoms with Crippen molar-refractivity contribution in [3.05, 3.63) is 75.6 Å². The Hall–Kier alpha value is -3.86. The molecule has 1 heterocycles. The molecule has 8 nitrogen and oxygen atoms in total. The smallest absolute Gasteiger partial charge is 0.416 e. The second-order valence-corrected chi connectivity index (χ2v) is 7.26. The van der Waals surface area contributed by atoms with Crippen molar-refractivity contribution in [2.75, 3.05) is 14.2 Å². The molecule has 2 N–H and O–H groups in total. The number of amides is 1. The molecule has 1 aromatic heterocycles. The lowest BCUT2D eigenvalue weighted by atomic mass is 10.0. The van der Waals surface area contributed by atoms with Crippen molar-refractivity contribution in [1.29, 1.82) is 0 Å². The highest BCUT2D eigenvalue weighted by Gasteiger charge is 2.31. The van der Waals surface area contributed by atoms with Gasteiger partial charge in [-0.15, -0.1) is 0 Å². The van der Waals surface area contributed by atoms with Crippen LogP contribution in [0.3, 0.4) is 0 Å². The molecular weight excluding hydrogens is 459 g/mol. The van der Waals surface area contributed by atoms with E-state index in [1.807, 2.05) is 0 Å². The van der Waals surface area contributed by atoms with E-state index in [2.05, 4.69) is 5.32 Å². The fourth-order valence-electron chi connectivity index (χ4n) is 3.32. The predicted octanol–water partition coefficient (Wildman–Crippen LogP) is 2.75. The van der Waals surface area contributed by atoms with Gasteiger partial charge in [-0.2, -0.15) is 13.2 Å². The lowest BCUT2D eigenvalue weighted by molar-refractivity contribution is -0.146. The maximum Gasteiger partial charge on any atom is 0.416 e. The molecule has 0 spiro atoms. The summed E-state index contributed by atoms with van der Waals surface area (Å²) < 4.78 is 53.2. The van der Waals surface area contributed by atoms with Gasteiger partial charge in [0.15, 0.2) is 6.10 Å². The standard InChI is InChI=1S/C23H20F3NO7/c1-32-15-7-8-16-13(10-19(28)34-18(16)11-15)9-17(22(31)33-2)27-21(30)20(29)12-3-5-14(6-4-12)23(24,25)26/h3-8,10-11,17,20,29H,9H2,1-2H3,(H,27,30)/t17-,20-/m1/s1. The molecule has 1 amide bonds. The Labute approximate surface area is 190 Å². The van der Waals surface area contributed by atoms with E-state index < -0.39 is 41.4 Å². The van der Waals surface area contributed by atoms with Crippen LogP contribution in [0.2, 0.25) is 0 Å². The van der Waals surface area contributed by atoms with E-state index in [9.17, 15) is 32.7 Å². The first-order chi connectivity index (χ1) is 16.0. The van der Waals surface area contributed by atoms with E-state index in [1.165, 1.54) is 13.2 Å². The number of aliphatic hydroxyl groups is 1. The fourth-order valence-corrected chi connectivity index (χ4v) is 3.32. The molecule has 0 saturated heterocycles. The van der Waals surface area contributed by atoms with Crippen LogP contribution in [0.4, 0.5) is 13.2 Å². The van der Waals surface area contributed by atoms with Crippen molar-refractivity contribution in [1.82, 2.24) is 5.32 Å². The Balaban J connectivity index is 1.85. The van der Waals surface area contributed by atoms with Gasteiger partial charge in [0.25, 0.3) is 5.91 Å². The number of benzene rings is 2. The minimum atomic E-state index is -4.57. The fraction of sp³-hybridized carbons (Fsp3) is 0.261. The highest BCUT2D eigenvalue weighted by molar-refractivity contribution is 5.88.